The van der Waals surface area contributed by atoms with Gasteiger partial charge in [-0.15, -0.1) is 0 Å². The van der Waals surface area contributed by atoms with Gasteiger partial charge in [0.25, 0.3) is 0 Å². The molecule has 0 aliphatic rings. The molecule has 2 amide bonds. The van der Waals surface area contributed by atoms with E-state index in [1.807, 2.05) is 68.7 Å². The van der Waals surface area contributed by atoms with Gasteiger partial charge in [-0.2, -0.15) is 0 Å². The van der Waals surface area contributed by atoms with Gasteiger partial charge in [0.05, 0.1) is 6.04 Å². The molecule has 2 aromatic carbocycles. The van der Waals surface area contributed by atoms with E-state index < -0.39 is 24.1 Å². The molecule has 29 heavy (non-hydrogen) atoms. The molecule has 1 radical (unpaired) electrons. The topological polar surface area (TPSA) is 89.7 Å². The van der Waals surface area contributed by atoms with E-state index in [2.05, 4.69) is 0 Å². The summed E-state index contributed by atoms with van der Waals surface area (Å²) in [7, 11) is 0. The van der Waals surface area contributed by atoms with Crippen LogP contribution in [0.3, 0.4) is 0 Å². The number of carbonyl (C=O) groups excluding carboxylic acids is 3. The van der Waals surface area contributed by atoms with Crippen molar-refractivity contribution in [3.63, 3.8) is 0 Å². The monoisotopic (exact) mass is 395 g/mol. The van der Waals surface area contributed by atoms with E-state index in [0.29, 0.717) is 0 Å². The van der Waals surface area contributed by atoms with E-state index in [9.17, 15) is 14.4 Å². The van der Waals surface area contributed by atoms with Gasteiger partial charge in [-0.25, -0.2) is 9.69 Å². The van der Waals surface area contributed by atoms with Crippen LogP contribution in [0.15, 0.2) is 60.7 Å². The highest BCUT2D eigenvalue weighted by Crippen LogP contribution is 2.15. The Kier molecular flexibility index (Phi) is 8.55. The number of amides is 2. The second kappa shape index (κ2) is 11.1. The highest BCUT2D eigenvalue weighted by molar-refractivity contribution is 5.97. The zero-order valence-corrected chi connectivity index (χ0v) is 16.8. The van der Waals surface area contributed by atoms with Gasteiger partial charge in [-0.05, 0) is 29.9 Å². The molecule has 0 aliphatic heterocycles. The molecular weight excluding hydrogens is 368 g/mol. The zero-order valence-electron chi connectivity index (χ0n) is 16.8. The molecule has 2 aromatic rings. The van der Waals surface area contributed by atoms with Crippen LogP contribution in [0.2, 0.25) is 0 Å². The van der Waals surface area contributed by atoms with Crippen molar-refractivity contribution in [3.05, 3.63) is 71.8 Å². The second-order valence-electron chi connectivity index (χ2n) is 7.31. The minimum atomic E-state index is -1.05. The molecule has 0 heterocycles. The smallest absolute Gasteiger partial charge is 0.417 e. The van der Waals surface area contributed by atoms with Crippen LogP contribution < -0.4 is 5.73 Å². The number of ether oxygens (including phenoxy) is 1. The normalized spacial score (nSPS) is 12.8. The largest absolute Gasteiger partial charge is 0.444 e. The van der Waals surface area contributed by atoms with Gasteiger partial charge >= 0.3 is 6.09 Å². The van der Waals surface area contributed by atoms with Crippen molar-refractivity contribution in [3.8, 4) is 0 Å². The lowest BCUT2D eigenvalue weighted by atomic mass is 10.0. The van der Waals surface area contributed by atoms with Crippen molar-refractivity contribution in [1.29, 1.82) is 0 Å². The summed E-state index contributed by atoms with van der Waals surface area (Å²) in [5.74, 6) is -0.579. The van der Waals surface area contributed by atoms with Crippen LogP contribution in [0.1, 0.15) is 31.4 Å². The van der Waals surface area contributed by atoms with Crippen LogP contribution in [0.4, 0.5) is 4.79 Å². The summed E-state index contributed by atoms with van der Waals surface area (Å²) < 4.78 is 5.31. The molecule has 0 saturated carbocycles. The number of nitrogens with two attached hydrogens (primary N) is 1. The van der Waals surface area contributed by atoms with E-state index in [1.54, 1.807) is 12.1 Å². The average Bonchev–Trinajstić information content (AvgIpc) is 2.72. The first kappa shape index (κ1) is 22.3. The molecule has 6 nitrogen and oxygen atoms in total. The number of benzene rings is 2. The standard InChI is InChI=1S/C23H27N2O4/c1-17(2)13-20(15-26)25(23(28)29-16-19-11-7-4-8-12-19)22(27)21(24)14-18-9-5-3-6-10-18/h3-12,17,20-21H,13-14,16,24H2,1-2H3/t20-,21-/m0/s1. The lowest BCUT2D eigenvalue weighted by Crippen LogP contribution is -2.53. The van der Waals surface area contributed by atoms with Crippen LogP contribution in [-0.2, 0) is 27.4 Å². The molecule has 2 rings (SSSR count). The van der Waals surface area contributed by atoms with Gasteiger partial charge in [0.15, 0.2) is 0 Å². The highest BCUT2D eigenvalue weighted by atomic mass is 16.6. The fraction of sp³-hybridized carbons (Fsp3) is 0.348. The highest BCUT2D eigenvalue weighted by Gasteiger charge is 2.35. The molecule has 0 aromatic heterocycles. The Balaban J connectivity index is 2.17. The first-order valence-corrected chi connectivity index (χ1v) is 9.63. The SMILES string of the molecule is CC(C)C[C@@H]([C]=O)N(C(=O)OCc1ccccc1)C(=O)[C@@H](N)Cc1ccccc1. The molecule has 2 atom stereocenters. The lowest BCUT2D eigenvalue weighted by molar-refractivity contribution is -0.132. The fourth-order valence-electron chi connectivity index (χ4n) is 2.95. The van der Waals surface area contributed by atoms with Crippen molar-refractivity contribution in [2.75, 3.05) is 0 Å². The molecular formula is C23H27N2O4. The molecule has 2 N–H and O–H groups in total. The molecule has 6 heteroatoms. The molecule has 0 spiro atoms. The first-order chi connectivity index (χ1) is 13.9. The quantitative estimate of drug-likeness (QED) is 0.704. The predicted molar refractivity (Wildman–Crippen MR) is 111 cm³/mol. The number of imide groups is 1. The van der Waals surface area contributed by atoms with E-state index >= 15 is 0 Å². The van der Waals surface area contributed by atoms with Crippen LogP contribution in [0.5, 0.6) is 0 Å². The molecule has 153 valence electrons. The first-order valence-electron chi connectivity index (χ1n) is 9.63. The summed E-state index contributed by atoms with van der Waals surface area (Å²) in [5.41, 5.74) is 7.73. The molecule has 0 saturated heterocycles. The maximum absolute atomic E-state index is 13.0. The van der Waals surface area contributed by atoms with Gasteiger partial charge in [-0.3, -0.25) is 9.59 Å². The number of hydrogen-bond donors (Lipinski definition) is 1. The third-order valence-corrected chi connectivity index (χ3v) is 4.40. The number of hydrogen-bond acceptors (Lipinski definition) is 5. The summed E-state index contributed by atoms with van der Waals surface area (Å²) in [4.78, 5) is 38.2. The van der Waals surface area contributed by atoms with Crippen LogP contribution >= 0.6 is 0 Å². The van der Waals surface area contributed by atoms with Gasteiger partial charge in [-0.1, -0.05) is 74.5 Å². The summed E-state index contributed by atoms with van der Waals surface area (Å²) in [5, 5.41) is 0. The Labute approximate surface area is 171 Å². The van der Waals surface area contributed by atoms with E-state index in [0.717, 1.165) is 16.0 Å². The van der Waals surface area contributed by atoms with Crippen molar-refractivity contribution in [2.45, 2.75) is 45.4 Å². The molecule has 0 fully saturated rings. The minimum absolute atomic E-state index is 0.00929. The van der Waals surface area contributed by atoms with E-state index in [-0.39, 0.29) is 25.4 Å². The van der Waals surface area contributed by atoms with Crippen molar-refractivity contribution in [2.24, 2.45) is 11.7 Å². The van der Waals surface area contributed by atoms with Crippen molar-refractivity contribution < 1.29 is 19.1 Å². The predicted octanol–water partition coefficient (Wildman–Crippen LogP) is 3.25. The Morgan fingerprint density at radius 2 is 1.55 bits per heavy atom. The summed E-state index contributed by atoms with van der Waals surface area (Å²) >= 11 is 0. The average molecular weight is 395 g/mol. The minimum Gasteiger partial charge on any atom is -0.444 e. The van der Waals surface area contributed by atoms with Gasteiger partial charge in [0.1, 0.15) is 12.6 Å². The maximum Gasteiger partial charge on any atom is 0.417 e. The Morgan fingerprint density at radius 3 is 2.07 bits per heavy atom. The summed E-state index contributed by atoms with van der Waals surface area (Å²) in [6, 6.07) is 16.3. The summed E-state index contributed by atoms with van der Waals surface area (Å²) in [6.45, 7) is 3.78. The van der Waals surface area contributed by atoms with Gasteiger partial charge in [0, 0.05) is 0 Å². The Hall–Kier alpha value is -2.99. The lowest BCUT2D eigenvalue weighted by Gasteiger charge is -2.28. The zero-order chi connectivity index (χ0) is 21.2. The number of carbonyl (C=O) groups is 2. The molecule has 0 bridgehead atoms. The second-order valence-corrected chi connectivity index (χ2v) is 7.31. The van der Waals surface area contributed by atoms with Crippen LogP contribution in [0, 0.1) is 5.92 Å². The van der Waals surface area contributed by atoms with Gasteiger partial charge in [0.2, 0.25) is 12.2 Å². The van der Waals surface area contributed by atoms with Crippen molar-refractivity contribution >= 4 is 18.3 Å². The molecule has 0 unspecified atom stereocenters. The Bertz CT molecular complexity index is 793. The third-order valence-electron chi connectivity index (χ3n) is 4.40. The van der Waals surface area contributed by atoms with Crippen LogP contribution in [0.25, 0.3) is 0 Å². The maximum atomic E-state index is 13.0. The Morgan fingerprint density at radius 1 is 1.00 bits per heavy atom. The van der Waals surface area contributed by atoms with E-state index in [1.165, 1.54) is 0 Å². The van der Waals surface area contributed by atoms with Crippen LogP contribution in [-0.4, -0.2) is 35.3 Å². The fourth-order valence-corrected chi connectivity index (χ4v) is 2.95. The number of nitrogens with zero attached hydrogens (tertiary/aromatic N) is 1. The molecule has 0 aliphatic carbocycles. The summed E-state index contributed by atoms with van der Waals surface area (Å²) in [6.07, 6.45) is 1.45. The third kappa shape index (κ3) is 6.84. The van der Waals surface area contributed by atoms with Gasteiger partial charge < -0.3 is 10.5 Å². The van der Waals surface area contributed by atoms with Crippen molar-refractivity contribution in [1.82, 2.24) is 4.90 Å². The van der Waals surface area contributed by atoms with E-state index in [4.69, 9.17) is 10.5 Å². The number of rotatable bonds is 9.